The van der Waals surface area contributed by atoms with Gasteiger partial charge in [0.15, 0.2) is 0 Å². The number of aliphatic hydroxyl groups excluding tert-OH is 2. The first-order valence-corrected chi connectivity index (χ1v) is 3.75. The van der Waals surface area contributed by atoms with E-state index in [2.05, 4.69) is 4.65 Å². The Morgan fingerprint density at radius 3 is 2.08 bits per heavy atom. The van der Waals surface area contributed by atoms with Gasteiger partial charge in [0.2, 0.25) is 0 Å². The van der Waals surface area contributed by atoms with Crippen molar-refractivity contribution in [1.29, 1.82) is 0 Å². The quantitative estimate of drug-likeness (QED) is 0.423. The predicted molar refractivity (Wildman–Crippen MR) is 38.6 cm³/mol. The molecule has 0 saturated carbocycles. The van der Waals surface area contributed by atoms with Crippen LogP contribution in [-0.2, 0) is 4.65 Å². The average Bonchev–Trinajstić information content (AvgIpc) is 2.08. The van der Waals surface area contributed by atoms with Crippen LogP contribution in [0.15, 0.2) is 0 Å². The molecule has 0 aromatic rings. The second kappa shape index (κ2) is 5.50. The SMILES string of the molecule is CCC(CO)(CO)COB([O-])[O-]. The van der Waals surface area contributed by atoms with E-state index in [0.717, 1.165) is 0 Å². The number of rotatable bonds is 6. The fourth-order valence-corrected chi connectivity index (χ4v) is 0.712. The van der Waals surface area contributed by atoms with Crippen LogP contribution in [0.3, 0.4) is 0 Å². The molecule has 0 aromatic carbocycles. The molecule has 0 aromatic heterocycles. The lowest BCUT2D eigenvalue weighted by atomic mass is 9.88. The third kappa shape index (κ3) is 3.51. The summed E-state index contributed by atoms with van der Waals surface area (Å²) in [6, 6.07) is 0. The summed E-state index contributed by atoms with van der Waals surface area (Å²) in [6.07, 6.45) is 0.451. The maximum atomic E-state index is 9.98. The van der Waals surface area contributed by atoms with E-state index in [1.165, 1.54) is 0 Å². The summed E-state index contributed by atoms with van der Waals surface area (Å²) in [4.78, 5) is 0. The van der Waals surface area contributed by atoms with Gasteiger partial charge in [-0.2, -0.15) is 0 Å². The molecule has 2 N–H and O–H groups in total. The minimum atomic E-state index is -2.35. The Balaban J connectivity index is 3.93. The summed E-state index contributed by atoms with van der Waals surface area (Å²) < 4.78 is 4.25. The number of hydrogen-bond donors (Lipinski definition) is 2. The standard InChI is InChI=1S/C6H13BO5/c1-2-6(3-8,4-9)5-12-7(10)11/h8-9H,2-5H2,1H3/q-2. The Bertz CT molecular complexity index is 106. The molecule has 0 rings (SSSR count). The van der Waals surface area contributed by atoms with Gasteiger partial charge in [0, 0.05) is 12.0 Å². The fourth-order valence-electron chi connectivity index (χ4n) is 0.712. The van der Waals surface area contributed by atoms with Crippen molar-refractivity contribution < 1.29 is 24.9 Å². The van der Waals surface area contributed by atoms with Crippen LogP contribution in [0, 0.1) is 5.41 Å². The van der Waals surface area contributed by atoms with Crippen LogP contribution < -0.4 is 10.0 Å². The average molecular weight is 176 g/mol. The van der Waals surface area contributed by atoms with Gasteiger partial charge in [0.1, 0.15) is 0 Å². The molecule has 0 atom stereocenters. The first-order valence-electron chi connectivity index (χ1n) is 3.75. The van der Waals surface area contributed by atoms with Crippen molar-refractivity contribution in [2.24, 2.45) is 5.41 Å². The molecule has 0 radical (unpaired) electrons. The van der Waals surface area contributed by atoms with Gasteiger partial charge in [0.05, 0.1) is 20.5 Å². The molecule has 0 aliphatic heterocycles. The topological polar surface area (TPSA) is 95.8 Å². The van der Waals surface area contributed by atoms with E-state index in [4.69, 9.17) is 10.2 Å². The van der Waals surface area contributed by atoms with Gasteiger partial charge in [-0.3, -0.25) is 0 Å². The van der Waals surface area contributed by atoms with Gasteiger partial charge < -0.3 is 24.9 Å². The molecule has 0 aliphatic carbocycles. The minimum absolute atomic E-state index is 0.200. The summed E-state index contributed by atoms with van der Waals surface area (Å²) in [5.74, 6) is 0. The van der Waals surface area contributed by atoms with Gasteiger partial charge in [-0.05, 0) is 6.42 Å². The second-order valence-corrected chi connectivity index (χ2v) is 2.77. The van der Waals surface area contributed by atoms with Crippen LogP contribution in [0.5, 0.6) is 0 Å². The molecule has 0 bridgehead atoms. The van der Waals surface area contributed by atoms with Gasteiger partial charge in [-0.1, -0.05) is 6.92 Å². The van der Waals surface area contributed by atoms with Crippen LogP contribution in [0.4, 0.5) is 0 Å². The van der Waals surface area contributed by atoms with Crippen molar-refractivity contribution in [3.63, 3.8) is 0 Å². The summed E-state index contributed by atoms with van der Waals surface area (Å²) in [5.41, 5.74) is -0.854. The molecular weight excluding hydrogens is 163 g/mol. The minimum Gasteiger partial charge on any atom is -0.871 e. The highest BCUT2D eigenvalue weighted by Gasteiger charge is 2.25. The van der Waals surface area contributed by atoms with E-state index in [-0.39, 0.29) is 19.8 Å². The molecular formula is C6H13BO5-2. The van der Waals surface area contributed by atoms with E-state index in [1.807, 2.05) is 0 Å². The zero-order valence-corrected chi connectivity index (χ0v) is 7.02. The Morgan fingerprint density at radius 1 is 1.33 bits per heavy atom. The van der Waals surface area contributed by atoms with Crippen LogP contribution in [0.2, 0.25) is 0 Å². The molecule has 0 amide bonds. The normalized spacial score (nSPS) is 11.8. The summed E-state index contributed by atoms with van der Waals surface area (Å²) in [6.45, 7) is 0.939. The fraction of sp³-hybridized carbons (Fsp3) is 1.00. The van der Waals surface area contributed by atoms with Gasteiger partial charge >= 0.3 is 0 Å². The van der Waals surface area contributed by atoms with Crippen molar-refractivity contribution in [3.05, 3.63) is 0 Å². The first-order chi connectivity index (χ1) is 5.60. The van der Waals surface area contributed by atoms with E-state index in [9.17, 15) is 10.0 Å². The monoisotopic (exact) mass is 176 g/mol. The maximum Gasteiger partial charge on any atom is 0.0604 e. The van der Waals surface area contributed by atoms with Crippen LogP contribution in [-0.4, -0.2) is 37.4 Å². The van der Waals surface area contributed by atoms with Crippen molar-refractivity contribution in [3.8, 4) is 0 Å². The molecule has 6 heteroatoms. The lowest BCUT2D eigenvalue weighted by Crippen LogP contribution is -2.50. The molecule has 0 fully saturated rings. The third-order valence-electron chi connectivity index (χ3n) is 1.95. The Morgan fingerprint density at radius 2 is 1.83 bits per heavy atom. The molecule has 0 unspecified atom stereocenters. The molecule has 0 spiro atoms. The van der Waals surface area contributed by atoms with Gasteiger partial charge in [-0.25, -0.2) is 0 Å². The zero-order chi connectivity index (χ0) is 9.61. The lowest BCUT2D eigenvalue weighted by molar-refractivity contribution is -0.383. The van der Waals surface area contributed by atoms with Crippen LogP contribution >= 0.6 is 0 Å². The molecule has 12 heavy (non-hydrogen) atoms. The highest BCUT2D eigenvalue weighted by atomic mass is 16.6. The van der Waals surface area contributed by atoms with E-state index in [1.54, 1.807) is 6.92 Å². The van der Waals surface area contributed by atoms with E-state index >= 15 is 0 Å². The predicted octanol–water partition coefficient (Wildman–Crippen LogP) is -2.91. The zero-order valence-electron chi connectivity index (χ0n) is 7.02. The van der Waals surface area contributed by atoms with Crippen LogP contribution in [0.1, 0.15) is 13.3 Å². The maximum absolute atomic E-state index is 9.98. The Labute approximate surface area is 71.8 Å². The van der Waals surface area contributed by atoms with Crippen molar-refractivity contribution in [1.82, 2.24) is 0 Å². The largest absolute Gasteiger partial charge is 0.871 e. The summed E-state index contributed by atoms with van der Waals surface area (Å²) >= 11 is 0. The van der Waals surface area contributed by atoms with Gasteiger partial charge in [-0.15, -0.1) is 0 Å². The van der Waals surface area contributed by atoms with Crippen molar-refractivity contribution in [2.45, 2.75) is 13.3 Å². The van der Waals surface area contributed by atoms with E-state index in [0.29, 0.717) is 6.42 Å². The van der Waals surface area contributed by atoms with Crippen LogP contribution in [0.25, 0.3) is 0 Å². The molecule has 0 aliphatic rings. The second-order valence-electron chi connectivity index (χ2n) is 2.77. The molecule has 5 nitrogen and oxygen atoms in total. The number of aliphatic hydroxyl groups is 2. The van der Waals surface area contributed by atoms with Crippen molar-refractivity contribution >= 4 is 7.32 Å². The highest BCUT2D eigenvalue weighted by molar-refractivity contribution is 6.28. The van der Waals surface area contributed by atoms with Gasteiger partial charge in [0.25, 0.3) is 0 Å². The molecule has 0 saturated heterocycles. The Kier molecular flexibility index (Phi) is 5.44. The number of hydrogen-bond acceptors (Lipinski definition) is 5. The Hall–Kier alpha value is -0.135. The van der Waals surface area contributed by atoms with E-state index < -0.39 is 12.7 Å². The highest BCUT2D eigenvalue weighted by Crippen LogP contribution is 2.20. The molecule has 72 valence electrons. The van der Waals surface area contributed by atoms with Crippen molar-refractivity contribution in [2.75, 3.05) is 19.8 Å². The first kappa shape index (κ1) is 11.9. The lowest BCUT2D eigenvalue weighted by Gasteiger charge is -2.34. The third-order valence-corrected chi connectivity index (χ3v) is 1.95. The molecule has 0 heterocycles. The summed E-state index contributed by atoms with van der Waals surface area (Å²) in [7, 11) is -2.35. The summed E-state index contributed by atoms with van der Waals surface area (Å²) in [5, 5.41) is 37.7. The smallest absolute Gasteiger partial charge is 0.0604 e.